The van der Waals surface area contributed by atoms with E-state index in [2.05, 4.69) is 4.98 Å². The molecule has 1 aromatic carbocycles. The number of ether oxygens (including phenoxy) is 1. The molecule has 0 radical (unpaired) electrons. The van der Waals surface area contributed by atoms with Crippen LogP contribution in [-0.2, 0) is 10.1 Å². The predicted molar refractivity (Wildman–Crippen MR) is 74.5 cm³/mol. The summed E-state index contributed by atoms with van der Waals surface area (Å²) in [5.74, 6) is 0.534. The number of hydrogen-bond donors (Lipinski definition) is 0. The van der Waals surface area contributed by atoms with E-state index < -0.39 is 10.1 Å². The number of hydrogen-bond acceptors (Lipinski definition) is 5. The van der Waals surface area contributed by atoms with Crippen LogP contribution in [0.3, 0.4) is 0 Å². The Balaban J connectivity index is 2.30. The number of nitrogens with zero attached hydrogens (tertiary/aromatic N) is 1. The molecule has 2 aromatic rings. The average Bonchev–Trinajstić information content (AvgIpc) is 2.38. The standard InChI is InChI=1S/C14H15NO4S/c1-10-4-6-13(11(2)8-10)20(16,17)19-12-5-7-14(18-3)15-9-12/h4-9H,1-3H3. The van der Waals surface area contributed by atoms with Crippen molar-refractivity contribution >= 4 is 10.1 Å². The minimum Gasteiger partial charge on any atom is -0.481 e. The Labute approximate surface area is 118 Å². The highest BCUT2D eigenvalue weighted by atomic mass is 32.2. The van der Waals surface area contributed by atoms with E-state index in [1.807, 2.05) is 6.92 Å². The summed E-state index contributed by atoms with van der Waals surface area (Å²) in [7, 11) is -2.38. The summed E-state index contributed by atoms with van der Waals surface area (Å²) in [6.07, 6.45) is 1.31. The first kappa shape index (κ1) is 14.3. The van der Waals surface area contributed by atoms with Gasteiger partial charge in [0.25, 0.3) is 0 Å². The Morgan fingerprint density at radius 1 is 1.10 bits per heavy atom. The molecule has 0 aliphatic rings. The second-order valence-electron chi connectivity index (χ2n) is 4.34. The maximum absolute atomic E-state index is 12.2. The normalized spacial score (nSPS) is 11.2. The zero-order valence-corrected chi connectivity index (χ0v) is 12.3. The van der Waals surface area contributed by atoms with Gasteiger partial charge in [0.15, 0.2) is 5.75 Å². The number of methoxy groups -OCH3 is 1. The van der Waals surface area contributed by atoms with Crippen LogP contribution >= 0.6 is 0 Å². The van der Waals surface area contributed by atoms with Crippen molar-refractivity contribution in [3.63, 3.8) is 0 Å². The summed E-state index contributed by atoms with van der Waals surface area (Å²) >= 11 is 0. The van der Waals surface area contributed by atoms with E-state index in [9.17, 15) is 8.42 Å². The predicted octanol–water partition coefficient (Wildman–Crippen LogP) is 2.47. The molecule has 0 saturated heterocycles. The lowest BCUT2D eigenvalue weighted by atomic mass is 10.2. The van der Waals surface area contributed by atoms with Gasteiger partial charge in [0, 0.05) is 6.07 Å². The lowest BCUT2D eigenvalue weighted by Crippen LogP contribution is -2.11. The molecule has 0 unspecified atom stereocenters. The molecule has 0 spiro atoms. The Kier molecular flexibility index (Phi) is 3.94. The van der Waals surface area contributed by atoms with Gasteiger partial charge in [-0.2, -0.15) is 8.42 Å². The first-order valence-corrected chi connectivity index (χ1v) is 7.35. The van der Waals surface area contributed by atoms with Crippen molar-refractivity contribution in [1.82, 2.24) is 4.98 Å². The van der Waals surface area contributed by atoms with Crippen molar-refractivity contribution < 1.29 is 17.3 Å². The van der Waals surface area contributed by atoms with Crippen LogP contribution < -0.4 is 8.92 Å². The largest absolute Gasteiger partial charge is 0.481 e. The van der Waals surface area contributed by atoms with Crippen LogP contribution in [0.2, 0.25) is 0 Å². The Morgan fingerprint density at radius 3 is 2.40 bits per heavy atom. The van der Waals surface area contributed by atoms with Crippen LogP contribution in [-0.4, -0.2) is 20.5 Å². The van der Waals surface area contributed by atoms with Crippen LogP contribution in [0.15, 0.2) is 41.4 Å². The number of rotatable bonds is 4. The molecule has 6 heteroatoms. The average molecular weight is 293 g/mol. The van der Waals surface area contributed by atoms with Gasteiger partial charge in [-0.1, -0.05) is 17.7 Å². The Morgan fingerprint density at radius 2 is 1.85 bits per heavy atom. The molecule has 0 aliphatic heterocycles. The highest BCUT2D eigenvalue weighted by molar-refractivity contribution is 7.87. The molecule has 1 heterocycles. The van der Waals surface area contributed by atoms with E-state index in [1.54, 1.807) is 19.1 Å². The molecule has 0 fully saturated rings. The molecule has 1 aromatic heterocycles. The summed E-state index contributed by atoms with van der Waals surface area (Å²) in [4.78, 5) is 4.05. The van der Waals surface area contributed by atoms with E-state index in [4.69, 9.17) is 8.92 Å². The number of pyridine rings is 1. The first-order valence-electron chi connectivity index (χ1n) is 5.94. The van der Waals surface area contributed by atoms with Crippen LogP contribution in [0, 0.1) is 13.8 Å². The third-order valence-corrected chi connectivity index (χ3v) is 4.13. The molecule has 0 N–H and O–H groups in total. The van der Waals surface area contributed by atoms with Gasteiger partial charge in [-0.15, -0.1) is 0 Å². The molecule has 0 saturated carbocycles. The SMILES string of the molecule is COc1ccc(OS(=O)(=O)c2ccc(C)cc2C)cn1. The topological polar surface area (TPSA) is 65.5 Å². The smallest absolute Gasteiger partial charge is 0.339 e. The fraction of sp³-hybridized carbons (Fsp3) is 0.214. The highest BCUT2D eigenvalue weighted by Gasteiger charge is 2.19. The summed E-state index contributed by atoms with van der Waals surface area (Å²) in [6.45, 7) is 3.63. The maximum atomic E-state index is 12.2. The van der Waals surface area contributed by atoms with Crippen LogP contribution in [0.4, 0.5) is 0 Å². The molecular formula is C14H15NO4S. The Hall–Kier alpha value is -2.08. The minimum absolute atomic E-state index is 0.144. The molecule has 106 valence electrons. The molecule has 0 atom stereocenters. The lowest BCUT2D eigenvalue weighted by molar-refractivity contribution is 0.396. The third-order valence-electron chi connectivity index (χ3n) is 2.72. The molecule has 20 heavy (non-hydrogen) atoms. The van der Waals surface area contributed by atoms with Gasteiger partial charge in [0.1, 0.15) is 4.90 Å². The summed E-state index contributed by atoms with van der Waals surface area (Å²) in [5.41, 5.74) is 1.64. The lowest BCUT2D eigenvalue weighted by Gasteiger charge is -2.09. The van der Waals surface area contributed by atoms with Crippen molar-refractivity contribution in [1.29, 1.82) is 0 Å². The van der Waals surface area contributed by atoms with Gasteiger partial charge >= 0.3 is 10.1 Å². The van der Waals surface area contributed by atoms with Crippen molar-refractivity contribution in [2.24, 2.45) is 0 Å². The second kappa shape index (κ2) is 5.50. The zero-order chi connectivity index (χ0) is 14.8. The van der Waals surface area contributed by atoms with Crippen molar-refractivity contribution in [3.8, 4) is 11.6 Å². The molecule has 2 rings (SSSR count). The van der Waals surface area contributed by atoms with Crippen molar-refractivity contribution in [3.05, 3.63) is 47.7 Å². The van der Waals surface area contributed by atoms with Crippen LogP contribution in [0.5, 0.6) is 11.6 Å². The van der Waals surface area contributed by atoms with Gasteiger partial charge in [-0.3, -0.25) is 0 Å². The molecule has 5 nitrogen and oxygen atoms in total. The second-order valence-corrected chi connectivity index (χ2v) is 5.86. The van der Waals surface area contributed by atoms with Crippen molar-refractivity contribution in [2.45, 2.75) is 18.7 Å². The minimum atomic E-state index is -3.86. The van der Waals surface area contributed by atoms with E-state index >= 15 is 0 Å². The molecule has 0 bridgehead atoms. The van der Waals surface area contributed by atoms with Gasteiger partial charge in [-0.05, 0) is 31.5 Å². The van der Waals surface area contributed by atoms with Gasteiger partial charge in [-0.25, -0.2) is 4.98 Å². The highest BCUT2D eigenvalue weighted by Crippen LogP contribution is 2.22. The number of benzene rings is 1. The number of aryl methyl sites for hydroxylation is 2. The monoisotopic (exact) mass is 293 g/mol. The van der Waals surface area contributed by atoms with E-state index in [1.165, 1.54) is 31.5 Å². The fourth-order valence-corrected chi connectivity index (χ4v) is 2.92. The summed E-state index contributed by atoms with van der Waals surface area (Å²) in [5, 5.41) is 0. The van der Waals surface area contributed by atoms with Crippen molar-refractivity contribution in [2.75, 3.05) is 7.11 Å². The molecular weight excluding hydrogens is 278 g/mol. The van der Waals surface area contributed by atoms with Gasteiger partial charge in [0.2, 0.25) is 5.88 Å². The van der Waals surface area contributed by atoms with Gasteiger partial charge < -0.3 is 8.92 Å². The number of aromatic nitrogens is 1. The van der Waals surface area contributed by atoms with Crippen LogP contribution in [0.1, 0.15) is 11.1 Å². The van der Waals surface area contributed by atoms with Gasteiger partial charge in [0.05, 0.1) is 13.3 Å². The third kappa shape index (κ3) is 3.08. The summed E-state index contributed by atoms with van der Waals surface area (Å²) in [6, 6.07) is 8.09. The van der Waals surface area contributed by atoms with E-state index in [0.29, 0.717) is 11.4 Å². The Bertz CT molecular complexity index is 708. The molecule has 0 aliphatic carbocycles. The maximum Gasteiger partial charge on any atom is 0.339 e. The molecule has 0 amide bonds. The zero-order valence-electron chi connectivity index (χ0n) is 11.5. The fourth-order valence-electron chi connectivity index (χ4n) is 1.79. The summed E-state index contributed by atoms with van der Waals surface area (Å²) < 4.78 is 34.4. The van der Waals surface area contributed by atoms with E-state index in [0.717, 1.165) is 5.56 Å². The van der Waals surface area contributed by atoms with Crippen LogP contribution in [0.25, 0.3) is 0 Å². The first-order chi connectivity index (χ1) is 9.42. The van der Waals surface area contributed by atoms with E-state index in [-0.39, 0.29) is 10.6 Å². The quantitative estimate of drug-likeness (QED) is 0.810.